The molecule has 0 aliphatic rings. The number of hydrogen-bond acceptors (Lipinski definition) is 5. The summed E-state index contributed by atoms with van der Waals surface area (Å²) in [5, 5.41) is -0.473. The van der Waals surface area contributed by atoms with Crippen LogP contribution in [0.25, 0.3) is 0 Å². The lowest BCUT2D eigenvalue weighted by molar-refractivity contribution is 0.409. The van der Waals surface area contributed by atoms with Crippen LogP contribution in [0.5, 0.6) is 0 Å². The molecule has 6 heteroatoms. The molecule has 0 aromatic heterocycles. The average Bonchev–Trinajstić information content (AvgIpc) is 2.65. The van der Waals surface area contributed by atoms with Gasteiger partial charge in [0.15, 0.2) is 0 Å². The molecule has 2 rings (SSSR count). The van der Waals surface area contributed by atoms with Gasteiger partial charge in [0.25, 0.3) is 0 Å². The minimum absolute atomic E-state index is 0.343. The molecular weight excluding hydrogens is 346 g/mol. The van der Waals surface area contributed by atoms with Crippen LogP contribution in [0, 0.1) is 0 Å². The van der Waals surface area contributed by atoms with Gasteiger partial charge in [-0.05, 0) is 36.0 Å². The van der Waals surface area contributed by atoms with Crippen LogP contribution < -0.4 is 17.2 Å². The molecular formula is C20H28N3O2S-. The van der Waals surface area contributed by atoms with Gasteiger partial charge >= 0.3 is 0 Å². The van der Waals surface area contributed by atoms with Gasteiger partial charge in [-0.15, -0.1) is 0 Å². The van der Waals surface area contributed by atoms with Gasteiger partial charge in [-0.2, -0.15) is 0 Å². The lowest BCUT2D eigenvalue weighted by Crippen LogP contribution is -2.37. The highest BCUT2D eigenvalue weighted by Crippen LogP contribution is 2.32. The van der Waals surface area contributed by atoms with Crippen LogP contribution in [-0.4, -0.2) is 20.6 Å². The minimum atomic E-state index is -2.17. The van der Waals surface area contributed by atoms with E-state index in [2.05, 4.69) is 0 Å². The highest BCUT2D eigenvalue weighted by atomic mass is 32.2. The number of rotatable bonds is 9. The van der Waals surface area contributed by atoms with E-state index in [0.29, 0.717) is 25.8 Å². The van der Waals surface area contributed by atoms with E-state index >= 15 is 0 Å². The fraction of sp³-hybridized carbons (Fsp3) is 0.400. The Kier molecular flexibility index (Phi) is 7.49. The molecule has 2 aromatic rings. The lowest BCUT2D eigenvalue weighted by atomic mass is 9.77. The minimum Gasteiger partial charge on any atom is -0.772 e. The molecule has 5 nitrogen and oxygen atoms in total. The van der Waals surface area contributed by atoms with Crippen LogP contribution in [0.3, 0.4) is 0 Å². The number of hydrogen-bond donors (Lipinski definition) is 3. The molecule has 0 aliphatic carbocycles. The summed E-state index contributed by atoms with van der Waals surface area (Å²) < 4.78 is 23.7. The van der Waals surface area contributed by atoms with Crippen molar-refractivity contribution >= 4 is 11.1 Å². The molecule has 0 spiro atoms. The van der Waals surface area contributed by atoms with Gasteiger partial charge in [0.1, 0.15) is 0 Å². The van der Waals surface area contributed by atoms with E-state index < -0.39 is 27.9 Å². The maximum atomic E-state index is 11.8. The maximum absolute atomic E-state index is 11.8. The molecule has 3 atom stereocenters. The van der Waals surface area contributed by atoms with Gasteiger partial charge in [0.05, 0.1) is 6.17 Å². The second kappa shape index (κ2) is 9.39. The quantitative estimate of drug-likeness (QED) is 0.459. The number of benzene rings is 2. The summed E-state index contributed by atoms with van der Waals surface area (Å²) >= 11 is -2.17. The van der Waals surface area contributed by atoms with Gasteiger partial charge in [-0.3, -0.25) is 4.21 Å². The van der Waals surface area contributed by atoms with Crippen LogP contribution in [0.15, 0.2) is 54.6 Å². The summed E-state index contributed by atoms with van der Waals surface area (Å²) in [6.07, 6.45) is 1.16. The first-order valence-corrected chi connectivity index (χ1v) is 9.93. The Morgan fingerprint density at radius 1 is 1.12 bits per heavy atom. The highest BCUT2D eigenvalue weighted by molar-refractivity contribution is 7.79. The highest BCUT2D eigenvalue weighted by Gasteiger charge is 2.29. The van der Waals surface area contributed by atoms with Gasteiger partial charge in [-0.25, -0.2) is 0 Å². The third-order valence-corrected chi connectivity index (χ3v) is 5.91. The fourth-order valence-electron chi connectivity index (χ4n) is 3.18. The summed E-state index contributed by atoms with van der Waals surface area (Å²) in [5.74, 6) is 0. The largest absolute Gasteiger partial charge is 0.772 e. The van der Waals surface area contributed by atoms with Gasteiger partial charge in [0.2, 0.25) is 0 Å². The lowest BCUT2D eigenvalue weighted by Gasteiger charge is -2.34. The van der Waals surface area contributed by atoms with E-state index in [1.54, 1.807) is 0 Å². The molecule has 0 bridgehead atoms. The smallest absolute Gasteiger partial charge is 0.0784 e. The predicted octanol–water partition coefficient (Wildman–Crippen LogP) is 2.09. The molecule has 0 heterocycles. The summed E-state index contributed by atoms with van der Waals surface area (Å²) in [5.41, 5.74) is 20.1. The second-order valence-corrected chi connectivity index (χ2v) is 8.21. The fourth-order valence-corrected chi connectivity index (χ4v) is 4.00. The average molecular weight is 375 g/mol. The normalized spacial score (nSPS) is 16.2. The van der Waals surface area contributed by atoms with E-state index in [9.17, 15) is 8.76 Å². The Labute approximate surface area is 158 Å². The van der Waals surface area contributed by atoms with Crippen LogP contribution in [0.1, 0.15) is 42.6 Å². The van der Waals surface area contributed by atoms with Crippen molar-refractivity contribution < 1.29 is 8.76 Å². The van der Waals surface area contributed by atoms with E-state index in [0.717, 1.165) is 16.7 Å². The Morgan fingerprint density at radius 2 is 1.81 bits per heavy atom. The van der Waals surface area contributed by atoms with Crippen LogP contribution in [0.2, 0.25) is 0 Å². The summed E-state index contributed by atoms with van der Waals surface area (Å²) in [7, 11) is 0. The molecule has 2 unspecified atom stereocenters. The molecule has 2 aromatic carbocycles. The number of nitrogens with two attached hydrogens (primary N) is 3. The zero-order chi connectivity index (χ0) is 19.2. The zero-order valence-corrected chi connectivity index (χ0v) is 16.0. The Hall–Kier alpha value is -1.57. The summed E-state index contributed by atoms with van der Waals surface area (Å²) in [4.78, 5) is 0. The van der Waals surface area contributed by atoms with Crippen molar-refractivity contribution in [3.8, 4) is 0 Å². The van der Waals surface area contributed by atoms with Crippen LogP contribution >= 0.6 is 0 Å². The predicted molar refractivity (Wildman–Crippen MR) is 106 cm³/mol. The monoisotopic (exact) mass is 374 g/mol. The van der Waals surface area contributed by atoms with E-state index in [1.165, 1.54) is 0 Å². The Morgan fingerprint density at radius 3 is 2.38 bits per heavy atom. The summed E-state index contributed by atoms with van der Waals surface area (Å²) in [6, 6.07) is 17.5. The third kappa shape index (κ3) is 5.46. The standard InChI is InChI=1S/C20H29N3O2S/c1-20(14-21,17-9-5-8-16(12-17)19(22)23)13-18(26(24)25)11-10-15-6-3-2-4-7-15/h2-9,12,18-19H,10-11,13-14,21-23H2,1H3,(H,24,25)/p-1/t18?,20-/m1/s1. The van der Waals surface area contributed by atoms with Gasteiger partial charge < -0.3 is 21.8 Å². The molecule has 142 valence electrons. The third-order valence-electron chi connectivity index (χ3n) is 4.97. The SMILES string of the molecule is C[C@](CN)(CC(CCc1ccccc1)S(=O)[O-])c1cccc(C(N)N)c1. The van der Waals surface area contributed by atoms with Crippen molar-refractivity contribution in [3.63, 3.8) is 0 Å². The summed E-state index contributed by atoms with van der Waals surface area (Å²) in [6.45, 7) is 2.34. The van der Waals surface area contributed by atoms with E-state index in [-0.39, 0.29) is 0 Å². The van der Waals surface area contributed by atoms with Crippen LogP contribution in [-0.2, 0) is 22.9 Å². The molecule has 0 radical (unpaired) electrons. The van der Waals surface area contributed by atoms with Crippen molar-refractivity contribution in [1.82, 2.24) is 0 Å². The first-order chi connectivity index (χ1) is 12.4. The topological polar surface area (TPSA) is 118 Å². The first kappa shape index (κ1) is 20.7. The molecule has 0 aliphatic heterocycles. The Balaban J connectivity index is 2.18. The van der Waals surface area contributed by atoms with Crippen molar-refractivity contribution in [1.29, 1.82) is 0 Å². The second-order valence-electron chi connectivity index (χ2n) is 7.03. The molecule has 26 heavy (non-hydrogen) atoms. The molecule has 0 saturated carbocycles. The first-order valence-electron chi connectivity index (χ1n) is 8.79. The molecule has 0 saturated heterocycles. The van der Waals surface area contributed by atoms with E-state index in [1.807, 2.05) is 61.5 Å². The molecule has 0 amide bonds. The Bertz CT molecular complexity index is 724. The van der Waals surface area contributed by atoms with Crippen molar-refractivity contribution in [3.05, 3.63) is 71.3 Å². The molecule has 6 N–H and O–H groups in total. The number of aryl methyl sites for hydroxylation is 1. The van der Waals surface area contributed by atoms with Crippen molar-refractivity contribution in [2.24, 2.45) is 17.2 Å². The van der Waals surface area contributed by atoms with Crippen molar-refractivity contribution in [2.45, 2.75) is 43.0 Å². The van der Waals surface area contributed by atoms with E-state index in [4.69, 9.17) is 17.2 Å². The molecule has 0 fully saturated rings. The zero-order valence-electron chi connectivity index (χ0n) is 15.1. The maximum Gasteiger partial charge on any atom is 0.0784 e. The van der Waals surface area contributed by atoms with Gasteiger partial charge in [0, 0.05) is 17.2 Å². The van der Waals surface area contributed by atoms with Gasteiger partial charge in [-0.1, -0.05) is 72.6 Å². The van der Waals surface area contributed by atoms with Crippen LogP contribution in [0.4, 0.5) is 0 Å². The van der Waals surface area contributed by atoms with Crippen molar-refractivity contribution in [2.75, 3.05) is 6.54 Å².